The van der Waals surface area contributed by atoms with Crippen molar-refractivity contribution < 1.29 is 9.47 Å². The molecule has 0 aromatic carbocycles. The molecule has 3 rings (SSSR count). The summed E-state index contributed by atoms with van der Waals surface area (Å²) in [5, 5.41) is 7.66. The van der Waals surface area contributed by atoms with Crippen molar-refractivity contribution in [2.24, 2.45) is 0 Å². The second-order valence-electron chi connectivity index (χ2n) is 6.20. The van der Waals surface area contributed by atoms with E-state index in [4.69, 9.17) is 9.47 Å². The van der Waals surface area contributed by atoms with E-state index in [1.807, 2.05) is 4.68 Å². The van der Waals surface area contributed by atoms with Crippen LogP contribution in [0.1, 0.15) is 44.3 Å². The number of ether oxygens (including phenoxy) is 2. The lowest BCUT2D eigenvalue weighted by molar-refractivity contribution is -0.0432. The van der Waals surface area contributed by atoms with Gasteiger partial charge >= 0.3 is 0 Å². The van der Waals surface area contributed by atoms with Crippen LogP contribution in [0.4, 0.5) is 0 Å². The first-order chi connectivity index (χ1) is 10.3. The third kappa shape index (κ3) is 3.62. The van der Waals surface area contributed by atoms with E-state index in [0.717, 1.165) is 31.9 Å². The Kier molecular flexibility index (Phi) is 4.87. The van der Waals surface area contributed by atoms with Gasteiger partial charge in [-0.15, -0.1) is 0 Å². The molecular formula is C15H26N4O2. The van der Waals surface area contributed by atoms with E-state index in [1.54, 1.807) is 13.4 Å². The number of nitrogens with zero attached hydrogens (tertiary/aromatic N) is 3. The maximum atomic E-state index is 6.35. The Bertz CT molecular complexity index is 443. The highest BCUT2D eigenvalue weighted by molar-refractivity contribution is 4.94. The summed E-state index contributed by atoms with van der Waals surface area (Å²) in [5.41, 5.74) is 0.197. The predicted molar refractivity (Wildman–Crippen MR) is 78.9 cm³/mol. The van der Waals surface area contributed by atoms with Crippen LogP contribution in [0.2, 0.25) is 0 Å². The number of methoxy groups -OCH3 is 1. The molecule has 6 heteroatoms. The number of nitrogens with one attached hydrogen (secondary N) is 1. The average Bonchev–Trinajstić information content (AvgIpc) is 3.20. The molecule has 2 aliphatic rings. The fourth-order valence-electron chi connectivity index (χ4n) is 3.56. The molecule has 1 spiro atoms. The second kappa shape index (κ2) is 6.85. The Morgan fingerprint density at radius 2 is 2.29 bits per heavy atom. The molecule has 1 saturated heterocycles. The largest absolute Gasteiger partial charge is 0.383 e. The maximum Gasteiger partial charge on any atom is 0.140 e. The summed E-state index contributed by atoms with van der Waals surface area (Å²) in [5.74, 6) is 0.974. The average molecular weight is 294 g/mol. The SMILES string of the molecule is COCCNCc1ncnn1CC1CCC2(CCCC2)O1. The zero-order valence-corrected chi connectivity index (χ0v) is 12.9. The standard InChI is InChI=1S/C15H26N4O2/c1-20-9-8-16-10-14-17-12-18-19(14)11-13-4-7-15(21-13)5-2-3-6-15/h12-13,16H,2-11H2,1H3. The van der Waals surface area contributed by atoms with Gasteiger partial charge in [0.2, 0.25) is 0 Å². The molecule has 1 unspecified atom stereocenters. The smallest absolute Gasteiger partial charge is 0.140 e. The van der Waals surface area contributed by atoms with Crippen LogP contribution in [-0.2, 0) is 22.6 Å². The Hall–Kier alpha value is -0.980. The van der Waals surface area contributed by atoms with Crippen LogP contribution in [0.5, 0.6) is 0 Å². The van der Waals surface area contributed by atoms with Crippen LogP contribution in [0.15, 0.2) is 6.33 Å². The van der Waals surface area contributed by atoms with E-state index in [0.29, 0.717) is 12.7 Å². The summed E-state index contributed by atoms with van der Waals surface area (Å²) in [6.07, 6.45) is 9.42. The molecule has 0 amide bonds. The van der Waals surface area contributed by atoms with E-state index < -0.39 is 0 Å². The van der Waals surface area contributed by atoms with Gasteiger partial charge in [0.15, 0.2) is 0 Å². The van der Waals surface area contributed by atoms with Gasteiger partial charge < -0.3 is 14.8 Å². The molecule has 6 nitrogen and oxygen atoms in total. The third-order valence-electron chi connectivity index (χ3n) is 4.69. The zero-order valence-electron chi connectivity index (χ0n) is 12.9. The van der Waals surface area contributed by atoms with E-state index >= 15 is 0 Å². The first kappa shape index (κ1) is 14.9. The highest BCUT2D eigenvalue weighted by atomic mass is 16.5. The van der Waals surface area contributed by atoms with E-state index in [2.05, 4.69) is 15.4 Å². The molecule has 1 atom stereocenters. The third-order valence-corrected chi connectivity index (χ3v) is 4.69. The zero-order chi connectivity index (χ0) is 14.5. The first-order valence-electron chi connectivity index (χ1n) is 8.05. The van der Waals surface area contributed by atoms with Crippen molar-refractivity contribution in [1.29, 1.82) is 0 Å². The number of rotatable bonds is 7. The topological polar surface area (TPSA) is 61.2 Å². The maximum absolute atomic E-state index is 6.35. The predicted octanol–water partition coefficient (Wildman–Crippen LogP) is 1.51. The minimum Gasteiger partial charge on any atom is -0.383 e. The highest BCUT2D eigenvalue weighted by Gasteiger charge is 2.42. The van der Waals surface area contributed by atoms with Crippen molar-refractivity contribution in [3.05, 3.63) is 12.2 Å². The lowest BCUT2D eigenvalue weighted by Crippen LogP contribution is -2.28. The van der Waals surface area contributed by atoms with Crippen LogP contribution in [0.25, 0.3) is 0 Å². The highest BCUT2D eigenvalue weighted by Crippen LogP contribution is 2.43. The van der Waals surface area contributed by atoms with E-state index in [9.17, 15) is 0 Å². The van der Waals surface area contributed by atoms with Gasteiger partial charge in [0.25, 0.3) is 0 Å². The van der Waals surface area contributed by atoms with Gasteiger partial charge in [-0.3, -0.25) is 0 Å². The summed E-state index contributed by atoms with van der Waals surface area (Å²) in [6, 6.07) is 0. The summed E-state index contributed by atoms with van der Waals surface area (Å²) in [7, 11) is 1.71. The van der Waals surface area contributed by atoms with Crippen molar-refractivity contribution in [3.63, 3.8) is 0 Å². The molecule has 1 aromatic rings. The van der Waals surface area contributed by atoms with Crippen molar-refractivity contribution in [3.8, 4) is 0 Å². The molecule has 1 aliphatic carbocycles. The van der Waals surface area contributed by atoms with Gasteiger partial charge in [0, 0.05) is 13.7 Å². The van der Waals surface area contributed by atoms with Gasteiger partial charge in [-0.25, -0.2) is 9.67 Å². The van der Waals surface area contributed by atoms with Crippen molar-refractivity contribution in [2.75, 3.05) is 20.3 Å². The van der Waals surface area contributed by atoms with Gasteiger partial charge in [0.05, 0.1) is 31.4 Å². The lowest BCUT2D eigenvalue weighted by Gasteiger charge is -2.23. The molecule has 1 aliphatic heterocycles. The van der Waals surface area contributed by atoms with Crippen molar-refractivity contribution in [1.82, 2.24) is 20.1 Å². The minimum absolute atomic E-state index is 0.197. The molecule has 118 valence electrons. The van der Waals surface area contributed by atoms with Gasteiger partial charge in [-0.2, -0.15) is 5.10 Å². The minimum atomic E-state index is 0.197. The summed E-state index contributed by atoms with van der Waals surface area (Å²) in [6.45, 7) is 3.08. The molecule has 0 radical (unpaired) electrons. The summed E-state index contributed by atoms with van der Waals surface area (Å²) < 4.78 is 13.4. The number of hydrogen-bond acceptors (Lipinski definition) is 5. The summed E-state index contributed by atoms with van der Waals surface area (Å²) in [4.78, 5) is 4.34. The Labute approximate surface area is 126 Å². The van der Waals surface area contributed by atoms with Crippen LogP contribution in [-0.4, -0.2) is 46.7 Å². The van der Waals surface area contributed by atoms with Crippen LogP contribution < -0.4 is 5.32 Å². The monoisotopic (exact) mass is 294 g/mol. The Balaban J connectivity index is 1.50. The van der Waals surface area contributed by atoms with Crippen molar-refractivity contribution >= 4 is 0 Å². The molecule has 1 saturated carbocycles. The normalized spacial score (nSPS) is 24.1. The van der Waals surface area contributed by atoms with Crippen molar-refractivity contribution in [2.45, 2.75) is 63.3 Å². The van der Waals surface area contributed by atoms with E-state index in [-0.39, 0.29) is 5.60 Å². The molecule has 2 fully saturated rings. The second-order valence-corrected chi connectivity index (χ2v) is 6.20. The Morgan fingerprint density at radius 3 is 3.10 bits per heavy atom. The quantitative estimate of drug-likeness (QED) is 0.772. The lowest BCUT2D eigenvalue weighted by atomic mass is 9.98. The number of hydrogen-bond donors (Lipinski definition) is 1. The Morgan fingerprint density at radius 1 is 1.43 bits per heavy atom. The van der Waals surface area contributed by atoms with Gasteiger partial charge in [-0.1, -0.05) is 12.8 Å². The van der Waals surface area contributed by atoms with Crippen LogP contribution in [0.3, 0.4) is 0 Å². The fraction of sp³-hybridized carbons (Fsp3) is 0.867. The molecule has 1 N–H and O–H groups in total. The van der Waals surface area contributed by atoms with Crippen LogP contribution in [0, 0.1) is 0 Å². The molecule has 0 bridgehead atoms. The van der Waals surface area contributed by atoms with Gasteiger partial charge in [0.1, 0.15) is 12.2 Å². The molecule has 2 heterocycles. The van der Waals surface area contributed by atoms with Crippen LogP contribution >= 0.6 is 0 Å². The van der Waals surface area contributed by atoms with E-state index in [1.165, 1.54) is 32.1 Å². The summed E-state index contributed by atoms with van der Waals surface area (Å²) >= 11 is 0. The fourth-order valence-corrected chi connectivity index (χ4v) is 3.56. The molecule has 1 aromatic heterocycles. The molecular weight excluding hydrogens is 268 g/mol. The van der Waals surface area contributed by atoms with Gasteiger partial charge in [-0.05, 0) is 25.7 Å². The molecule has 21 heavy (non-hydrogen) atoms. The number of aromatic nitrogens is 3. The first-order valence-corrected chi connectivity index (χ1v) is 8.05.